The van der Waals surface area contributed by atoms with Crippen molar-refractivity contribution in [1.29, 1.82) is 0 Å². The van der Waals surface area contributed by atoms with Crippen LogP contribution in [-0.4, -0.2) is 38.5 Å². The normalized spacial score (nSPS) is 16.5. The monoisotopic (exact) mass is 335 g/mol. The summed E-state index contributed by atoms with van der Waals surface area (Å²) in [5.41, 5.74) is 6.21. The molecular formula is C21H23N2S+. The fourth-order valence-corrected chi connectivity index (χ4v) is 3.44. The molecule has 3 heteroatoms. The van der Waals surface area contributed by atoms with Crippen molar-refractivity contribution in [2.24, 2.45) is 0 Å². The topological polar surface area (TPSA) is 6.25 Å². The number of benzene rings is 1. The lowest BCUT2D eigenvalue weighted by atomic mass is 10.0. The summed E-state index contributed by atoms with van der Waals surface area (Å²) in [4.78, 5) is 3.41. The van der Waals surface area contributed by atoms with Gasteiger partial charge in [0.05, 0.1) is 0 Å². The largest absolute Gasteiger partial charge is 0.378 e. The van der Waals surface area contributed by atoms with E-state index in [-0.39, 0.29) is 0 Å². The Morgan fingerprint density at radius 2 is 1.54 bits per heavy atom. The van der Waals surface area contributed by atoms with Crippen molar-refractivity contribution in [3.8, 4) is 0 Å². The van der Waals surface area contributed by atoms with Crippen LogP contribution < -0.4 is 4.90 Å². The van der Waals surface area contributed by atoms with Crippen LogP contribution in [0.15, 0.2) is 76.6 Å². The molecule has 0 unspecified atom stereocenters. The third-order valence-corrected chi connectivity index (χ3v) is 4.99. The summed E-state index contributed by atoms with van der Waals surface area (Å²) in [6.45, 7) is 0. The molecule has 0 atom stereocenters. The minimum atomic E-state index is 1.22. The maximum atomic E-state index is 2.28. The van der Waals surface area contributed by atoms with E-state index < -0.39 is 0 Å². The number of thioether (sulfide) groups is 1. The zero-order valence-electron chi connectivity index (χ0n) is 14.7. The van der Waals surface area contributed by atoms with Gasteiger partial charge in [-0.15, -0.1) is 0 Å². The lowest BCUT2D eigenvalue weighted by Crippen LogP contribution is -2.09. The third kappa shape index (κ3) is 3.62. The molecular weight excluding hydrogens is 312 g/mol. The van der Waals surface area contributed by atoms with Crippen LogP contribution in [0, 0.1) is 0 Å². The lowest BCUT2D eigenvalue weighted by molar-refractivity contribution is -0.462. The molecule has 122 valence electrons. The molecule has 0 aromatic heterocycles. The van der Waals surface area contributed by atoms with E-state index in [0.29, 0.717) is 0 Å². The molecule has 1 aromatic carbocycles. The van der Waals surface area contributed by atoms with Gasteiger partial charge in [0.1, 0.15) is 14.1 Å². The minimum absolute atomic E-state index is 1.22. The van der Waals surface area contributed by atoms with E-state index in [9.17, 15) is 0 Å². The summed E-state index contributed by atoms with van der Waals surface area (Å²) in [6.07, 6.45) is 13.2. The highest BCUT2D eigenvalue weighted by atomic mass is 32.2. The van der Waals surface area contributed by atoms with Crippen molar-refractivity contribution in [2.75, 3.05) is 33.1 Å². The molecule has 1 aromatic rings. The van der Waals surface area contributed by atoms with Crippen LogP contribution in [0.25, 0.3) is 5.57 Å². The van der Waals surface area contributed by atoms with Crippen LogP contribution >= 0.6 is 11.8 Å². The Balaban J connectivity index is 1.90. The van der Waals surface area contributed by atoms with Crippen molar-refractivity contribution in [2.45, 2.75) is 0 Å². The van der Waals surface area contributed by atoms with Gasteiger partial charge in [0.2, 0.25) is 0 Å². The number of anilines is 1. The summed E-state index contributed by atoms with van der Waals surface area (Å²) in [7, 11) is 8.26. The Hall–Kier alpha value is -2.26. The molecule has 0 bridgehead atoms. The van der Waals surface area contributed by atoms with Crippen LogP contribution in [0.4, 0.5) is 5.69 Å². The van der Waals surface area contributed by atoms with Gasteiger partial charge in [-0.1, -0.05) is 23.9 Å². The Morgan fingerprint density at radius 1 is 0.875 bits per heavy atom. The first-order chi connectivity index (χ1) is 11.5. The first-order valence-corrected chi connectivity index (χ1v) is 8.90. The highest BCUT2D eigenvalue weighted by Crippen LogP contribution is 2.34. The highest BCUT2D eigenvalue weighted by molar-refractivity contribution is 8.06. The number of rotatable bonds is 2. The van der Waals surface area contributed by atoms with Crippen molar-refractivity contribution in [3.63, 3.8) is 0 Å². The Labute approximate surface area is 148 Å². The van der Waals surface area contributed by atoms with Gasteiger partial charge in [-0.2, -0.15) is 0 Å². The van der Waals surface area contributed by atoms with Gasteiger partial charge < -0.3 is 4.90 Å². The van der Waals surface area contributed by atoms with Gasteiger partial charge in [0.15, 0.2) is 5.71 Å². The number of nitrogens with zero attached hydrogens (tertiary/aromatic N) is 2. The van der Waals surface area contributed by atoms with Crippen molar-refractivity contribution in [1.82, 2.24) is 0 Å². The van der Waals surface area contributed by atoms with Crippen LogP contribution in [0.5, 0.6) is 0 Å². The van der Waals surface area contributed by atoms with Crippen LogP contribution in [-0.2, 0) is 0 Å². The van der Waals surface area contributed by atoms with E-state index >= 15 is 0 Å². The second kappa shape index (κ2) is 7.10. The SMILES string of the molecule is CN(C)c1ccc(C2=CC(=C3C=CC(=[N+](C)C)C=C3)SC=C2)cc1. The quantitative estimate of drug-likeness (QED) is 0.735. The molecule has 1 aliphatic heterocycles. The van der Waals surface area contributed by atoms with E-state index in [1.807, 2.05) is 0 Å². The maximum absolute atomic E-state index is 2.28. The van der Waals surface area contributed by atoms with Crippen LogP contribution in [0.2, 0.25) is 0 Å². The maximum Gasteiger partial charge on any atom is 0.199 e. The van der Waals surface area contributed by atoms with Crippen LogP contribution in [0.1, 0.15) is 5.56 Å². The van der Waals surface area contributed by atoms with Crippen molar-refractivity contribution < 1.29 is 4.58 Å². The molecule has 0 saturated heterocycles. The predicted octanol–water partition coefficient (Wildman–Crippen LogP) is 4.49. The first-order valence-electron chi connectivity index (χ1n) is 8.02. The van der Waals surface area contributed by atoms with Crippen LogP contribution in [0.3, 0.4) is 0 Å². The average Bonchev–Trinajstić information content (AvgIpc) is 2.62. The Morgan fingerprint density at radius 3 is 2.12 bits per heavy atom. The molecule has 1 heterocycles. The number of allylic oxidation sites excluding steroid dienone is 8. The van der Waals surface area contributed by atoms with E-state index in [1.165, 1.54) is 33.0 Å². The second-order valence-corrected chi connectivity index (χ2v) is 7.21. The molecule has 0 N–H and O–H groups in total. The molecule has 0 radical (unpaired) electrons. The molecule has 0 fully saturated rings. The van der Waals surface area contributed by atoms with Gasteiger partial charge >= 0.3 is 0 Å². The molecule has 3 rings (SSSR count). The zero-order chi connectivity index (χ0) is 17.1. The van der Waals surface area contributed by atoms with Gasteiger partial charge in [0.25, 0.3) is 0 Å². The molecule has 0 amide bonds. The predicted molar refractivity (Wildman–Crippen MR) is 108 cm³/mol. The smallest absolute Gasteiger partial charge is 0.199 e. The van der Waals surface area contributed by atoms with Gasteiger partial charge in [0, 0.05) is 36.8 Å². The summed E-state index contributed by atoms with van der Waals surface area (Å²) in [5.74, 6) is 0. The Kier molecular flexibility index (Phi) is 4.91. The first kappa shape index (κ1) is 16.6. The number of hydrogen-bond donors (Lipinski definition) is 0. The molecule has 0 saturated carbocycles. The fourth-order valence-electron chi connectivity index (χ4n) is 2.61. The molecule has 2 nitrogen and oxygen atoms in total. The van der Waals surface area contributed by atoms with E-state index in [2.05, 4.69) is 104 Å². The van der Waals surface area contributed by atoms with Gasteiger partial charge in [-0.25, -0.2) is 4.58 Å². The Bertz CT molecular complexity index is 794. The van der Waals surface area contributed by atoms with E-state index in [1.54, 1.807) is 11.8 Å². The molecule has 1 aliphatic carbocycles. The average molecular weight is 335 g/mol. The molecule has 0 spiro atoms. The standard InChI is InChI=1S/C21H23N2S/c1-22(2)19-9-5-16(6-10-19)18-13-14-24-21(15-18)17-7-11-20(12-8-17)23(3)4/h5-15H,1-4H3/q+1. The summed E-state index contributed by atoms with van der Waals surface area (Å²) >= 11 is 1.77. The highest BCUT2D eigenvalue weighted by Gasteiger charge is 2.11. The second-order valence-electron chi connectivity index (χ2n) is 6.27. The third-order valence-electron chi connectivity index (χ3n) is 4.11. The lowest BCUT2D eigenvalue weighted by Gasteiger charge is -2.15. The van der Waals surface area contributed by atoms with Gasteiger partial charge in [-0.05, 0) is 58.6 Å². The van der Waals surface area contributed by atoms with Crippen molar-refractivity contribution >= 4 is 28.7 Å². The van der Waals surface area contributed by atoms with E-state index in [0.717, 1.165) is 0 Å². The fraction of sp³-hybridized carbons (Fsp3) is 0.190. The summed E-state index contributed by atoms with van der Waals surface area (Å²) < 4.78 is 2.12. The number of hydrogen-bond acceptors (Lipinski definition) is 2. The summed E-state index contributed by atoms with van der Waals surface area (Å²) in [6, 6.07) is 8.71. The minimum Gasteiger partial charge on any atom is -0.378 e. The molecule has 24 heavy (non-hydrogen) atoms. The summed E-state index contributed by atoms with van der Waals surface area (Å²) in [5, 5.41) is 2.17. The molecule has 2 aliphatic rings. The van der Waals surface area contributed by atoms with Gasteiger partial charge in [-0.3, -0.25) is 0 Å². The van der Waals surface area contributed by atoms with Crippen molar-refractivity contribution in [3.05, 3.63) is 82.2 Å². The van der Waals surface area contributed by atoms with E-state index in [4.69, 9.17) is 0 Å². The zero-order valence-corrected chi connectivity index (χ0v) is 15.5.